The minimum atomic E-state index is -0.229. The molecule has 19 heavy (non-hydrogen) atoms. The molecule has 112 valence electrons. The van der Waals surface area contributed by atoms with E-state index in [0.717, 1.165) is 32.5 Å². The lowest BCUT2D eigenvalue weighted by atomic mass is 9.89. The number of carbonyl (C=O) groups is 1. The number of hydrogen-bond acceptors (Lipinski definition) is 3. The molecule has 1 aliphatic heterocycles. The van der Waals surface area contributed by atoms with Gasteiger partial charge in [0, 0.05) is 38.1 Å². The second-order valence-corrected chi connectivity index (χ2v) is 6.12. The summed E-state index contributed by atoms with van der Waals surface area (Å²) in [6.07, 6.45) is 1.94. The van der Waals surface area contributed by atoms with E-state index in [1.54, 1.807) is 0 Å². The van der Waals surface area contributed by atoms with Crippen molar-refractivity contribution in [3.63, 3.8) is 0 Å². The van der Waals surface area contributed by atoms with Crippen LogP contribution in [0, 0.1) is 5.41 Å². The van der Waals surface area contributed by atoms with Crippen LogP contribution in [0.25, 0.3) is 0 Å². The predicted octanol–water partition coefficient (Wildman–Crippen LogP) is 1.57. The van der Waals surface area contributed by atoms with Crippen molar-refractivity contribution < 1.29 is 4.79 Å². The highest BCUT2D eigenvalue weighted by Gasteiger charge is 2.24. The van der Waals surface area contributed by atoms with Crippen LogP contribution in [0.3, 0.4) is 0 Å². The van der Waals surface area contributed by atoms with Gasteiger partial charge in [0.2, 0.25) is 5.91 Å². The summed E-state index contributed by atoms with van der Waals surface area (Å²) in [4.78, 5) is 16.9. The number of nitrogens with zero attached hydrogens (tertiary/aromatic N) is 2. The summed E-state index contributed by atoms with van der Waals surface area (Å²) < 4.78 is 0. The van der Waals surface area contributed by atoms with Crippen LogP contribution in [-0.2, 0) is 4.79 Å². The molecule has 1 heterocycles. The lowest BCUT2D eigenvalue weighted by Gasteiger charge is -2.34. The van der Waals surface area contributed by atoms with Crippen LogP contribution in [0.2, 0.25) is 0 Å². The molecule has 0 unspecified atom stereocenters. The Morgan fingerprint density at radius 2 is 1.68 bits per heavy atom. The van der Waals surface area contributed by atoms with Crippen molar-refractivity contribution in [3.8, 4) is 0 Å². The standard InChI is InChI=1S/C15H31N3O/c1-5-15(3,4)14(19)16-8-7-9-18-12-10-17(6-2)11-13-18/h5-13H2,1-4H3,(H,16,19). The quantitative estimate of drug-likeness (QED) is 0.713. The molecule has 1 rings (SSSR count). The lowest BCUT2D eigenvalue weighted by molar-refractivity contribution is -0.129. The summed E-state index contributed by atoms with van der Waals surface area (Å²) in [7, 11) is 0. The van der Waals surface area contributed by atoms with Gasteiger partial charge in [-0.1, -0.05) is 27.7 Å². The molecule has 1 saturated heterocycles. The highest BCUT2D eigenvalue weighted by atomic mass is 16.2. The van der Waals surface area contributed by atoms with Crippen molar-refractivity contribution in [2.24, 2.45) is 5.41 Å². The smallest absolute Gasteiger partial charge is 0.225 e. The van der Waals surface area contributed by atoms with Crippen molar-refractivity contribution in [2.45, 2.75) is 40.5 Å². The molecule has 0 spiro atoms. The van der Waals surface area contributed by atoms with Gasteiger partial charge in [-0.15, -0.1) is 0 Å². The van der Waals surface area contributed by atoms with Crippen molar-refractivity contribution >= 4 is 5.91 Å². The molecule has 1 amide bonds. The van der Waals surface area contributed by atoms with Crippen molar-refractivity contribution in [1.82, 2.24) is 15.1 Å². The number of hydrogen-bond donors (Lipinski definition) is 1. The number of nitrogens with one attached hydrogen (secondary N) is 1. The Kier molecular flexibility index (Phi) is 6.80. The third-order valence-electron chi connectivity index (χ3n) is 4.35. The molecule has 0 aromatic carbocycles. The Bertz CT molecular complexity index is 271. The number of carbonyl (C=O) groups excluding carboxylic acids is 1. The molecule has 1 fully saturated rings. The van der Waals surface area contributed by atoms with Gasteiger partial charge >= 0.3 is 0 Å². The van der Waals surface area contributed by atoms with E-state index in [9.17, 15) is 4.79 Å². The van der Waals surface area contributed by atoms with E-state index in [4.69, 9.17) is 0 Å². The SMILES string of the molecule is CCN1CCN(CCCNC(=O)C(C)(C)CC)CC1. The van der Waals surface area contributed by atoms with E-state index < -0.39 is 0 Å². The van der Waals surface area contributed by atoms with Gasteiger partial charge in [0.15, 0.2) is 0 Å². The first-order valence-electron chi connectivity index (χ1n) is 7.72. The Balaban J connectivity index is 2.10. The first-order valence-corrected chi connectivity index (χ1v) is 7.72. The number of rotatable bonds is 7. The molecular weight excluding hydrogens is 238 g/mol. The fourth-order valence-corrected chi connectivity index (χ4v) is 2.23. The van der Waals surface area contributed by atoms with Gasteiger partial charge in [-0.25, -0.2) is 0 Å². The number of piperazine rings is 1. The highest BCUT2D eigenvalue weighted by molar-refractivity contribution is 5.81. The monoisotopic (exact) mass is 269 g/mol. The second kappa shape index (κ2) is 7.85. The number of likely N-dealkylation sites (N-methyl/N-ethyl adjacent to an activating group) is 1. The Hall–Kier alpha value is -0.610. The fraction of sp³-hybridized carbons (Fsp3) is 0.933. The van der Waals surface area contributed by atoms with E-state index in [1.165, 1.54) is 26.2 Å². The van der Waals surface area contributed by atoms with Crippen molar-refractivity contribution in [3.05, 3.63) is 0 Å². The zero-order valence-electron chi connectivity index (χ0n) is 13.2. The van der Waals surface area contributed by atoms with Gasteiger partial charge in [0.05, 0.1) is 0 Å². The van der Waals surface area contributed by atoms with Gasteiger partial charge in [0.25, 0.3) is 0 Å². The van der Waals surface area contributed by atoms with Gasteiger partial charge in [0.1, 0.15) is 0 Å². The van der Waals surface area contributed by atoms with Crippen LogP contribution in [0.4, 0.5) is 0 Å². The summed E-state index contributed by atoms with van der Waals surface area (Å²) in [5.41, 5.74) is -0.229. The van der Waals surface area contributed by atoms with Gasteiger partial charge in [-0.2, -0.15) is 0 Å². The molecule has 0 saturated carbocycles. The van der Waals surface area contributed by atoms with Gasteiger partial charge in [-0.05, 0) is 25.9 Å². The molecule has 1 aliphatic rings. The molecule has 4 heteroatoms. The Morgan fingerprint density at radius 3 is 2.21 bits per heavy atom. The minimum absolute atomic E-state index is 0.186. The second-order valence-electron chi connectivity index (χ2n) is 6.12. The molecule has 0 bridgehead atoms. The molecule has 0 aromatic rings. The lowest BCUT2D eigenvalue weighted by Crippen LogP contribution is -2.46. The molecule has 4 nitrogen and oxygen atoms in total. The van der Waals surface area contributed by atoms with Gasteiger partial charge in [-0.3, -0.25) is 4.79 Å². The van der Waals surface area contributed by atoms with E-state index in [0.29, 0.717) is 0 Å². The van der Waals surface area contributed by atoms with Crippen LogP contribution >= 0.6 is 0 Å². The Morgan fingerprint density at radius 1 is 1.11 bits per heavy atom. The fourth-order valence-electron chi connectivity index (χ4n) is 2.23. The van der Waals surface area contributed by atoms with Crippen LogP contribution in [0.5, 0.6) is 0 Å². The highest BCUT2D eigenvalue weighted by Crippen LogP contribution is 2.19. The van der Waals surface area contributed by atoms with Crippen LogP contribution in [0.15, 0.2) is 0 Å². The predicted molar refractivity (Wildman–Crippen MR) is 80.3 cm³/mol. The van der Waals surface area contributed by atoms with Crippen LogP contribution in [0.1, 0.15) is 40.5 Å². The molecule has 1 N–H and O–H groups in total. The Labute approximate surface area is 118 Å². The number of amides is 1. The summed E-state index contributed by atoms with van der Waals surface area (Å²) in [6, 6.07) is 0. The summed E-state index contributed by atoms with van der Waals surface area (Å²) in [5.74, 6) is 0.186. The molecule has 0 radical (unpaired) electrons. The average Bonchev–Trinajstić information content (AvgIpc) is 2.43. The van der Waals surface area contributed by atoms with E-state index >= 15 is 0 Å². The maximum absolute atomic E-state index is 11.9. The molecule has 0 aromatic heterocycles. The van der Waals surface area contributed by atoms with E-state index in [1.807, 2.05) is 13.8 Å². The third-order valence-corrected chi connectivity index (χ3v) is 4.35. The molecule has 0 aliphatic carbocycles. The zero-order chi connectivity index (χ0) is 14.3. The van der Waals surface area contributed by atoms with Crippen molar-refractivity contribution in [2.75, 3.05) is 45.8 Å². The topological polar surface area (TPSA) is 35.6 Å². The summed E-state index contributed by atoms with van der Waals surface area (Å²) >= 11 is 0. The first-order chi connectivity index (χ1) is 8.99. The maximum atomic E-state index is 11.9. The van der Waals surface area contributed by atoms with E-state index in [2.05, 4.69) is 29.0 Å². The maximum Gasteiger partial charge on any atom is 0.225 e. The summed E-state index contributed by atoms with van der Waals surface area (Å²) in [5, 5.41) is 3.06. The normalized spacial score (nSPS) is 18.5. The molecule has 0 atom stereocenters. The van der Waals surface area contributed by atoms with E-state index in [-0.39, 0.29) is 11.3 Å². The average molecular weight is 269 g/mol. The largest absolute Gasteiger partial charge is 0.356 e. The van der Waals surface area contributed by atoms with Crippen molar-refractivity contribution in [1.29, 1.82) is 0 Å². The van der Waals surface area contributed by atoms with Crippen LogP contribution in [-0.4, -0.2) is 61.5 Å². The molecular formula is C15H31N3O. The van der Waals surface area contributed by atoms with Gasteiger partial charge < -0.3 is 15.1 Å². The minimum Gasteiger partial charge on any atom is -0.356 e. The first kappa shape index (κ1) is 16.4. The third kappa shape index (κ3) is 5.49. The zero-order valence-corrected chi connectivity index (χ0v) is 13.2. The summed E-state index contributed by atoms with van der Waals surface area (Å²) in [6.45, 7) is 16.1. The van der Waals surface area contributed by atoms with Crippen LogP contribution < -0.4 is 5.32 Å².